The zero-order valence-electron chi connectivity index (χ0n) is 12.6. The first-order valence-corrected chi connectivity index (χ1v) is 7.86. The molecule has 0 unspecified atom stereocenters. The van der Waals surface area contributed by atoms with E-state index in [1.54, 1.807) is 50.6 Å². The molecule has 23 heavy (non-hydrogen) atoms. The van der Waals surface area contributed by atoms with E-state index in [9.17, 15) is 4.79 Å². The van der Waals surface area contributed by atoms with Gasteiger partial charge in [0, 0.05) is 10.5 Å². The van der Waals surface area contributed by atoms with Crippen LogP contribution < -0.4 is 14.8 Å². The lowest BCUT2D eigenvalue weighted by atomic mass is 10.2. The molecule has 2 aromatic rings. The molecule has 0 atom stereocenters. The van der Waals surface area contributed by atoms with Gasteiger partial charge in [-0.15, -0.1) is 0 Å². The number of hydrogen-bond donors (Lipinski definition) is 1. The minimum absolute atomic E-state index is 0.274. The topological polar surface area (TPSA) is 47.6 Å². The Morgan fingerprint density at radius 1 is 1.13 bits per heavy atom. The van der Waals surface area contributed by atoms with E-state index in [2.05, 4.69) is 21.2 Å². The van der Waals surface area contributed by atoms with E-state index >= 15 is 0 Å². The molecule has 120 valence electrons. The van der Waals surface area contributed by atoms with Gasteiger partial charge in [0.25, 0.3) is 0 Å². The number of nitrogens with one attached hydrogen (secondary N) is 1. The first-order valence-electron chi connectivity index (χ1n) is 6.69. The van der Waals surface area contributed by atoms with E-state index in [0.29, 0.717) is 22.2 Å². The van der Waals surface area contributed by atoms with E-state index in [1.165, 1.54) is 6.08 Å². The Labute approximate surface area is 148 Å². The van der Waals surface area contributed by atoms with E-state index in [4.69, 9.17) is 21.1 Å². The molecule has 0 saturated heterocycles. The van der Waals surface area contributed by atoms with Gasteiger partial charge in [0.2, 0.25) is 5.91 Å². The molecule has 0 spiro atoms. The summed E-state index contributed by atoms with van der Waals surface area (Å²) in [6, 6.07) is 10.7. The number of benzene rings is 2. The zero-order chi connectivity index (χ0) is 16.8. The Bertz CT molecular complexity index is 747. The molecule has 4 nitrogen and oxygen atoms in total. The van der Waals surface area contributed by atoms with Crippen LogP contribution in [0.15, 0.2) is 46.9 Å². The molecular weight excluding hydrogens is 382 g/mol. The van der Waals surface area contributed by atoms with Gasteiger partial charge >= 0.3 is 0 Å². The zero-order valence-corrected chi connectivity index (χ0v) is 14.9. The van der Waals surface area contributed by atoms with Crippen molar-refractivity contribution in [1.82, 2.24) is 0 Å². The highest BCUT2D eigenvalue weighted by atomic mass is 79.9. The number of amides is 1. The average Bonchev–Trinajstić information content (AvgIpc) is 2.55. The number of ether oxygens (including phenoxy) is 2. The molecule has 0 heterocycles. The Morgan fingerprint density at radius 3 is 2.52 bits per heavy atom. The molecule has 2 rings (SSSR count). The van der Waals surface area contributed by atoms with Crippen LogP contribution in [0.2, 0.25) is 5.02 Å². The summed E-state index contributed by atoms with van der Waals surface area (Å²) in [5.41, 5.74) is 1.37. The second kappa shape index (κ2) is 8.04. The lowest BCUT2D eigenvalue weighted by Crippen LogP contribution is -2.08. The molecule has 0 aliphatic heterocycles. The summed E-state index contributed by atoms with van der Waals surface area (Å²) in [7, 11) is 3.14. The van der Waals surface area contributed by atoms with Crippen LogP contribution in [0.5, 0.6) is 11.5 Å². The first-order chi connectivity index (χ1) is 11.0. The van der Waals surface area contributed by atoms with Crippen molar-refractivity contribution >= 4 is 45.2 Å². The maximum Gasteiger partial charge on any atom is 0.248 e. The maximum atomic E-state index is 12.0. The fourth-order valence-electron chi connectivity index (χ4n) is 1.89. The summed E-state index contributed by atoms with van der Waals surface area (Å²) in [5, 5.41) is 3.19. The van der Waals surface area contributed by atoms with Crippen molar-refractivity contribution in [3.63, 3.8) is 0 Å². The van der Waals surface area contributed by atoms with Gasteiger partial charge in [0.05, 0.1) is 24.9 Å². The monoisotopic (exact) mass is 395 g/mol. The molecule has 2 aromatic carbocycles. The Kier molecular flexibility index (Phi) is 6.07. The second-order valence-electron chi connectivity index (χ2n) is 4.56. The molecule has 1 amide bonds. The molecule has 0 radical (unpaired) electrons. The summed E-state index contributed by atoms with van der Waals surface area (Å²) >= 11 is 9.38. The lowest BCUT2D eigenvalue weighted by molar-refractivity contribution is -0.111. The highest BCUT2D eigenvalue weighted by Crippen LogP contribution is 2.28. The van der Waals surface area contributed by atoms with Gasteiger partial charge in [0.15, 0.2) is 11.5 Å². The highest BCUT2D eigenvalue weighted by Gasteiger charge is 2.05. The van der Waals surface area contributed by atoms with Crippen LogP contribution in [0, 0.1) is 0 Å². The van der Waals surface area contributed by atoms with Gasteiger partial charge in [-0.05, 0) is 42.0 Å². The van der Waals surface area contributed by atoms with Crippen molar-refractivity contribution in [2.75, 3.05) is 19.5 Å². The molecule has 0 fully saturated rings. The van der Waals surface area contributed by atoms with Gasteiger partial charge in [-0.1, -0.05) is 33.6 Å². The van der Waals surface area contributed by atoms with Gasteiger partial charge in [-0.25, -0.2) is 0 Å². The highest BCUT2D eigenvalue weighted by molar-refractivity contribution is 9.10. The Balaban J connectivity index is 2.09. The Morgan fingerprint density at radius 2 is 1.87 bits per heavy atom. The van der Waals surface area contributed by atoms with E-state index in [0.717, 1.165) is 10.0 Å². The molecule has 1 N–H and O–H groups in total. The lowest BCUT2D eigenvalue weighted by Gasteiger charge is -2.08. The summed E-state index contributed by atoms with van der Waals surface area (Å²) in [6.07, 6.45) is 3.11. The van der Waals surface area contributed by atoms with Crippen LogP contribution in [-0.2, 0) is 4.79 Å². The van der Waals surface area contributed by atoms with E-state index in [1.807, 2.05) is 6.07 Å². The summed E-state index contributed by atoms with van der Waals surface area (Å²) in [4.78, 5) is 12.0. The van der Waals surface area contributed by atoms with Crippen molar-refractivity contribution < 1.29 is 14.3 Å². The van der Waals surface area contributed by atoms with Gasteiger partial charge in [-0.2, -0.15) is 0 Å². The number of methoxy groups -OCH3 is 2. The number of rotatable bonds is 5. The quantitative estimate of drug-likeness (QED) is 0.741. The minimum Gasteiger partial charge on any atom is -0.493 e. The van der Waals surface area contributed by atoms with Crippen LogP contribution in [0.3, 0.4) is 0 Å². The third-order valence-corrected chi connectivity index (χ3v) is 3.83. The fraction of sp³-hybridized carbons (Fsp3) is 0.118. The summed E-state index contributed by atoms with van der Waals surface area (Å²) in [5.74, 6) is 0.964. The average molecular weight is 397 g/mol. The molecular formula is C17H15BrClNO3. The number of carbonyl (C=O) groups excluding carboxylic acids is 1. The molecule has 6 heteroatoms. The molecule has 0 aliphatic carbocycles. The fourth-order valence-corrected chi connectivity index (χ4v) is 2.61. The van der Waals surface area contributed by atoms with Crippen LogP contribution in [0.25, 0.3) is 6.08 Å². The van der Waals surface area contributed by atoms with E-state index < -0.39 is 0 Å². The first kappa shape index (κ1) is 17.4. The van der Waals surface area contributed by atoms with Crippen molar-refractivity contribution in [3.8, 4) is 11.5 Å². The molecule has 0 saturated carbocycles. The molecule has 0 aliphatic rings. The van der Waals surface area contributed by atoms with Gasteiger partial charge < -0.3 is 14.8 Å². The van der Waals surface area contributed by atoms with E-state index in [-0.39, 0.29) is 5.91 Å². The third-order valence-electron chi connectivity index (χ3n) is 3.02. The van der Waals surface area contributed by atoms with Crippen molar-refractivity contribution in [1.29, 1.82) is 0 Å². The third kappa shape index (κ3) is 4.74. The largest absolute Gasteiger partial charge is 0.493 e. The van der Waals surface area contributed by atoms with Crippen LogP contribution in [0.1, 0.15) is 5.56 Å². The standard InChI is InChI=1S/C17H15BrClNO3/c1-22-15-7-3-11(9-16(15)23-2)4-8-17(21)20-14-6-5-12(18)10-13(14)19/h3-10H,1-2H3,(H,20,21). The molecule has 0 aromatic heterocycles. The van der Waals surface area contributed by atoms with Crippen LogP contribution >= 0.6 is 27.5 Å². The van der Waals surface area contributed by atoms with Crippen LogP contribution in [0.4, 0.5) is 5.69 Å². The number of anilines is 1. The number of hydrogen-bond acceptors (Lipinski definition) is 3. The van der Waals surface area contributed by atoms with Crippen molar-refractivity contribution in [2.45, 2.75) is 0 Å². The number of halogens is 2. The van der Waals surface area contributed by atoms with Crippen molar-refractivity contribution in [3.05, 3.63) is 57.5 Å². The van der Waals surface area contributed by atoms with Crippen molar-refractivity contribution in [2.24, 2.45) is 0 Å². The smallest absolute Gasteiger partial charge is 0.248 e. The predicted molar refractivity (Wildman–Crippen MR) is 96.4 cm³/mol. The second-order valence-corrected chi connectivity index (χ2v) is 5.88. The van der Waals surface area contributed by atoms with Crippen LogP contribution in [-0.4, -0.2) is 20.1 Å². The number of carbonyl (C=O) groups is 1. The minimum atomic E-state index is -0.274. The normalized spacial score (nSPS) is 10.6. The molecule has 0 bridgehead atoms. The maximum absolute atomic E-state index is 12.0. The van der Waals surface area contributed by atoms with Gasteiger partial charge in [0.1, 0.15) is 0 Å². The summed E-state index contributed by atoms with van der Waals surface area (Å²) in [6.45, 7) is 0. The SMILES string of the molecule is COc1ccc(C=CC(=O)Nc2ccc(Br)cc2Cl)cc1OC. The van der Waals surface area contributed by atoms with Gasteiger partial charge in [-0.3, -0.25) is 4.79 Å². The Hall–Kier alpha value is -1.98. The summed E-state index contributed by atoms with van der Waals surface area (Å²) < 4.78 is 11.2. The predicted octanol–water partition coefficient (Wildman–Crippen LogP) is 4.77.